The van der Waals surface area contributed by atoms with E-state index in [4.69, 9.17) is 18.9 Å². The number of hydrogen-bond donors (Lipinski definition) is 4. The minimum absolute atomic E-state index is 0.0146. The third kappa shape index (κ3) is 11.2. The van der Waals surface area contributed by atoms with Crippen LogP contribution in [0.15, 0.2) is 110 Å². The number of para-hydroxylation sites is 2. The van der Waals surface area contributed by atoms with E-state index in [1.807, 2.05) is 108 Å². The van der Waals surface area contributed by atoms with Crippen molar-refractivity contribution in [3.63, 3.8) is 0 Å². The van der Waals surface area contributed by atoms with Gasteiger partial charge in [0.1, 0.15) is 22.9 Å². The summed E-state index contributed by atoms with van der Waals surface area (Å²) < 4.78 is 76.2. The SMILES string of the molecule is COc1nc(/C=C/C2NC3[C@@H](c4ccccc4OC(F)F)CCCN3N2)ccc1-n1cnc(C)c1.COc1nc(/C=C/C2NC3[C@H](c4ccccc4OC(F)F)CCCN3N2)ccc1-n1cnc(C)c1. The number of halogens is 4. The number of rotatable bonds is 14. The summed E-state index contributed by atoms with van der Waals surface area (Å²) in [6.07, 6.45) is 18.4. The lowest BCUT2D eigenvalue weighted by Gasteiger charge is -2.36. The Bertz CT molecular complexity index is 2590. The van der Waals surface area contributed by atoms with E-state index >= 15 is 0 Å². The number of nitrogens with zero attached hydrogens (tertiary/aromatic N) is 8. The molecular weight excluding hydrogens is 909 g/mol. The van der Waals surface area contributed by atoms with Gasteiger partial charge in [0.15, 0.2) is 0 Å². The number of ether oxygens (including phenoxy) is 4. The normalized spacial score (nSPS) is 22.6. The van der Waals surface area contributed by atoms with Crippen LogP contribution in [0.4, 0.5) is 17.6 Å². The average Bonchev–Trinajstić information content (AvgIpc) is 4.19. The Morgan fingerprint density at radius 3 is 1.41 bits per heavy atom. The Labute approximate surface area is 403 Å². The number of hydrazine groups is 2. The number of methoxy groups -OCH3 is 2. The molecule has 70 heavy (non-hydrogen) atoms. The fraction of sp³-hybridized carbons (Fsp3) is 0.360. The fourth-order valence-electron chi connectivity index (χ4n) is 9.59. The third-order valence-corrected chi connectivity index (χ3v) is 12.7. The standard InChI is InChI=1S/2C25H28F2N6O2/c2*1-16-14-32(15-28-16)20-11-9-17(29-24(20)34-2)10-12-22-30-23-19(7-5-13-33(23)31-22)18-6-3-4-8-21(18)35-25(26)27/h2*3-4,6,8-12,14-15,19,22-23,25,30-31H,5,7,13H2,1-2H3/b2*12-10+/t2*19-,22?,23?/m10/s1. The van der Waals surface area contributed by atoms with Crippen LogP contribution in [0.2, 0.25) is 0 Å². The lowest BCUT2D eigenvalue weighted by Crippen LogP contribution is -2.47. The number of piperidine rings is 2. The van der Waals surface area contributed by atoms with Gasteiger partial charge in [-0.3, -0.25) is 10.6 Å². The predicted molar refractivity (Wildman–Crippen MR) is 255 cm³/mol. The van der Waals surface area contributed by atoms with Crippen LogP contribution in [0.5, 0.6) is 23.3 Å². The van der Waals surface area contributed by atoms with Crippen LogP contribution >= 0.6 is 0 Å². The van der Waals surface area contributed by atoms with E-state index in [2.05, 4.69) is 51.4 Å². The van der Waals surface area contributed by atoms with E-state index in [-0.39, 0.29) is 48.0 Å². The van der Waals surface area contributed by atoms with Crippen LogP contribution < -0.4 is 40.4 Å². The Kier molecular flexibility index (Phi) is 15.2. The summed E-state index contributed by atoms with van der Waals surface area (Å²) in [6, 6.07) is 21.8. The first-order valence-corrected chi connectivity index (χ1v) is 23.2. The molecule has 4 aliphatic heterocycles. The van der Waals surface area contributed by atoms with Crippen LogP contribution in [0.1, 0.15) is 71.4 Å². The molecule has 4 N–H and O–H groups in total. The first-order chi connectivity index (χ1) is 34.0. The zero-order valence-electron chi connectivity index (χ0n) is 39.1. The molecule has 0 saturated carbocycles. The molecule has 10 rings (SSSR count). The number of pyridine rings is 2. The van der Waals surface area contributed by atoms with Crippen LogP contribution in [0.25, 0.3) is 23.5 Å². The molecule has 16 nitrogen and oxygen atoms in total. The van der Waals surface area contributed by atoms with Crippen LogP contribution in [0, 0.1) is 13.8 Å². The highest BCUT2D eigenvalue weighted by atomic mass is 19.3. The van der Waals surface area contributed by atoms with Crippen molar-refractivity contribution in [2.45, 2.75) is 89.3 Å². The molecule has 0 radical (unpaired) electrons. The van der Waals surface area contributed by atoms with E-state index in [9.17, 15) is 17.6 Å². The second kappa shape index (κ2) is 22.0. The maximum Gasteiger partial charge on any atom is 0.387 e. The van der Waals surface area contributed by atoms with E-state index < -0.39 is 13.2 Å². The van der Waals surface area contributed by atoms with Gasteiger partial charge in [-0.05, 0) is 100 Å². The van der Waals surface area contributed by atoms with Gasteiger partial charge < -0.3 is 28.1 Å². The number of benzene rings is 2. The number of fused-ring (bicyclic) bond motifs is 2. The van der Waals surface area contributed by atoms with Crippen LogP contribution in [-0.4, -0.2) is 104 Å². The minimum Gasteiger partial charge on any atom is -0.479 e. The van der Waals surface area contributed by atoms with Crippen molar-refractivity contribution in [1.29, 1.82) is 0 Å². The Morgan fingerprint density at radius 2 is 1.03 bits per heavy atom. The average molecular weight is 965 g/mol. The number of nitrogens with one attached hydrogen (secondary N) is 4. The summed E-state index contributed by atoms with van der Waals surface area (Å²) in [5.74, 6) is 1.51. The molecule has 0 aliphatic carbocycles. The summed E-state index contributed by atoms with van der Waals surface area (Å²) in [6.45, 7) is -0.122. The second-order valence-corrected chi connectivity index (χ2v) is 17.2. The number of aromatic nitrogens is 6. The molecule has 0 bridgehead atoms. The van der Waals surface area contributed by atoms with E-state index in [1.54, 1.807) is 51.1 Å². The van der Waals surface area contributed by atoms with Gasteiger partial charge in [-0.1, -0.05) is 36.4 Å². The molecule has 0 spiro atoms. The lowest BCUT2D eigenvalue weighted by atomic mass is 9.87. The molecule has 6 atom stereocenters. The molecule has 4 fully saturated rings. The summed E-state index contributed by atoms with van der Waals surface area (Å²) in [5.41, 5.74) is 13.5. The zero-order valence-corrected chi connectivity index (χ0v) is 39.1. The van der Waals surface area contributed by atoms with Crippen LogP contribution in [0.3, 0.4) is 0 Å². The Hall–Kier alpha value is -6.68. The van der Waals surface area contributed by atoms with E-state index in [1.165, 1.54) is 0 Å². The lowest BCUT2D eigenvalue weighted by molar-refractivity contribution is -0.0517. The molecule has 20 heteroatoms. The van der Waals surface area contributed by atoms with Crippen LogP contribution in [-0.2, 0) is 0 Å². The highest BCUT2D eigenvalue weighted by Crippen LogP contribution is 2.40. The summed E-state index contributed by atoms with van der Waals surface area (Å²) in [7, 11) is 3.19. The van der Waals surface area contributed by atoms with Gasteiger partial charge >= 0.3 is 13.2 Å². The first-order valence-electron chi connectivity index (χ1n) is 23.2. The Morgan fingerprint density at radius 1 is 0.600 bits per heavy atom. The number of aryl methyl sites for hydroxylation is 2. The van der Waals surface area contributed by atoms with Crippen molar-refractivity contribution in [3.8, 4) is 34.6 Å². The monoisotopic (exact) mass is 964 g/mol. The Balaban J connectivity index is 0.000000174. The topological polar surface area (TPSA) is 153 Å². The van der Waals surface area contributed by atoms with Crippen molar-refractivity contribution >= 4 is 12.2 Å². The summed E-state index contributed by atoms with van der Waals surface area (Å²) >= 11 is 0. The molecule has 2 aromatic carbocycles. The van der Waals surface area contributed by atoms with E-state index in [0.717, 1.165) is 84.1 Å². The van der Waals surface area contributed by atoms with Crippen molar-refractivity contribution in [2.24, 2.45) is 0 Å². The highest BCUT2D eigenvalue weighted by Gasteiger charge is 2.41. The molecule has 4 unspecified atom stereocenters. The zero-order chi connectivity index (χ0) is 48.7. The van der Waals surface area contributed by atoms with E-state index in [0.29, 0.717) is 11.8 Å². The van der Waals surface area contributed by atoms with Gasteiger partial charge in [0.25, 0.3) is 0 Å². The van der Waals surface area contributed by atoms with Crippen molar-refractivity contribution in [2.75, 3.05) is 27.3 Å². The largest absolute Gasteiger partial charge is 0.479 e. The summed E-state index contributed by atoms with van der Waals surface area (Å²) in [5, 5.41) is 11.4. The molecule has 8 heterocycles. The quantitative estimate of drug-likeness (QED) is 0.0790. The van der Waals surface area contributed by atoms with Gasteiger partial charge in [0.2, 0.25) is 11.8 Å². The van der Waals surface area contributed by atoms with Crippen molar-refractivity contribution in [1.82, 2.24) is 60.6 Å². The van der Waals surface area contributed by atoms with Crippen molar-refractivity contribution in [3.05, 3.63) is 144 Å². The number of hydrogen-bond acceptors (Lipinski definition) is 14. The van der Waals surface area contributed by atoms with Crippen molar-refractivity contribution < 1.29 is 36.5 Å². The van der Waals surface area contributed by atoms with Gasteiger partial charge in [0.05, 0.1) is 74.3 Å². The molecule has 368 valence electrons. The second-order valence-electron chi connectivity index (χ2n) is 17.2. The molecule has 4 saturated heterocycles. The maximum atomic E-state index is 12.9. The molecule has 4 aliphatic rings. The van der Waals surface area contributed by atoms with Gasteiger partial charge in [-0.2, -0.15) is 17.6 Å². The first kappa shape index (κ1) is 48.3. The molecular formula is C50H56F4N12O4. The van der Waals surface area contributed by atoms with Gasteiger partial charge in [0, 0.05) is 48.4 Å². The summed E-state index contributed by atoms with van der Waals surface area (Å²) in [4.78, 5) is 17.8. The number of alkyl halides is 4. The van der Waals surface area contributed by atoms with Gasteiger partial charge in [-0.15, -0.1) is 0 Å². The smallest absolute Gasteiger partial charge is 0.387 e. The fourth-order valence-corrected chi connectivity index (χ4v) is 9.59. The molecule has 6 aromatic rings. The maximum absolute atomic E-state index is 12.9. The van der Waals surface area contributed by atoms with Gasteiger partial charge in [-0.25, -0.2) is 40.8 Å². The predicted octanol–water partition coefficient (Wildman–Crippen LogP) is 7.68. The third-order valence-electron chi connectivity index (χ3n) is 12.7. The molecule has 4 aromatic heterocycles. The number of imidazole rings is 2. The molecule has 0 amide bonds. The minimum atomic E-state index is -2.85. The highest BCUT2D eigenvalue weighted by molar-refractivity contribution is 5.53.